The van der Waals surface area contributed by atoms with E-state index in [9.17, 15) is 0 Å². The normalized spacial score (nSPS) is 11.8. The van der Waals surface area contributed by atoms with Gasteiger partial charge < -0.3 is 19.9 Å². The zero-order valence-electron chi connectivity index (χ0n) is 12.6. The molecule has 0 aliphatic heterocycles. The molecule has 112 valence electrons. The molecule has 2 N–H and O–H groups in total. The third-order valence-electron chi connectivity index (χ3n) is 3.24. The number of methoxy groups -OCH3 is 2. The van der Waals surface area contributed by atoms with Gasteiger partial charge in [-0.3, -0.25) is 0 Å². The predicted octanol–water partition coefficient (Wildman–Crippen LogP) is 3.30. The molecule has 0 aromatic heterocycles. The molecule has 2 aromatic rings. The van der Waals surface area contributed by atoms with E-state index in [1.165, 1.54) is 0 Å². The zero-order chi connectivity index (χ0) is 15.2. The number of nitrogens with two attached hydrogens (primary N) is 1. The van der Waals surface area contributed by atoms with E-state index in [1.54, 1.807) is 14.2 Å². The Bertz CT molecular complexity index is 596. The summed E-state index contributed by atoms with van der Waals surface area (Å²) < 4.78 is 16.3. The lowest BCUT2D eigenvalue weighted by Crippen LogP contribution is -2.05. The molecule has 0 heterocycles. The van der Waals surface area contributed by atoms with Crippen molar-refractivity contribution in [2.45, 2.75) is 19.6 Å². The van der Waals surface area contributed by atoms with Gasteiger partial charge in [-0.1, -0.05) is 18.2 Å². The minimum Gasteiger partial charge on any atom is -0.493 e. The summed E-state index contributed by atoms with van der Waals surface area (Å²) in [5.74, 6) is 2.21. The average molecular weight is 287 g/mol. The molecule has 0 amide bonds. The number of ether oxygens (including phenoxy) is 3. The fourth-order valence-electron chi connectivity index (χ4n) is 2.02. The van der Waals surface area contributed by atoms with Gasteiger partial charge in [-0.15, -0.1) is 0 Å². The fraction of sp³-hybridized carbons (Fsp3) is 0.294. The maximum atomic E-state index is 5.87. The molecule has 0 saturated carbocycles. The number of hydrogen-bond donors (Lipinski definition) is 1. The van der Waals surface area contributed by atoms with Crippen LogP contribution in [0.15, 0.2) is 42.5 Å². The highest BCUT2D eigenvalue weighted by atomic mass is 16.5. The van der Waals surface area contributed by atoms with Crippen molar-refractivity contribution in [1.82, 2.24) is 0 Å². The number of hydrogen-bond acceptors (Lipinski definition) is 4. The highest BCUT2D eigenvalue weighted by Crippen LogP contribution is 2.28. The average Bonchev–Trinajstić information content (AvgIpc) is 2.52. The molecule has 0 aliphatic rings. The Labute approximate surface area is 125 Å². The van der Waals surface area contributed by atoms with Crippen molar-refractivity contribution < 1.29 is 14.2 Å². The lowest BCUT2D eigenvalue weighted by atomic mass is 10.1. The number of benzene rings is 2. The Kier molecular flexibility index (Phi) is 5.06. The van der Waals surface area contributed by atoms with Crippen molar-refractivity contribution in [2.75, 3.05) is 14.2 Å². The van der Waals surface area contributed by atoms with Crippen LogP contribution in [-0.2, 0) is 6.61 Å². The predicted molar refractivity (Wildman–Crippen MR) is 82.9 cm³/mol. The first-order valence-corrected chi connectivity index (χ1v) is 6.83. The van der Waals surface area contributed by atoms with Gasteiger partial charge in [0.05, 0.1) is 14.2 Å². The van der Waals surface area contributed by atoms with Crippen LogP contribution in [0, 0.1) is 0 Å². The smallest absolute Gasteiger partial charge is 0.161 e. The van der Waals surface area contributed by atoms with Crippen LogP contribution in [0.3, 0.4) is 0 Å². The first kappa shape index (κ1) is 15.2. The van der Waals surface area contributed by atoms with Crippen LogP contribution in [0.5, 0.6) is 17.2 Å². The summed E-state index contributed by atoms with van der Waals surface area (Å²) in [6.07, 6.45) is 0. The van der Waals surface area contributed by atoms with E-state index in [0.717, 1.165) is 16.9 Å². The molecule has 0 fully saturated rings. The second-order valence-corrected chi connectivity index (χ2v) is 4.84. The van der Waals surface area contributed by atoms with E-state index in [0.29, 0.717) is 18.1 Å². The molecule has 2 aromatic carbocycles. The van der Waals surface area contributed by atoms with Gasteiger partial charge in [-0.25, -0.2) is 0 Å². The summed E-state index contributed by atoms with van der Waals surface area (Å²) >= 11 is 0. The first-order chi connectivity index (χ1) is 10.1. The van der Waals surface area contributed by atoms with Gasteiger partial charge in [-0.05, 0) is 42.3 Å². The van der Waals surface area contributed by atoms with E-state index in [1.807, 2.05) is 49.4 Å². The molecule has 0 saturated heterocycles. The van der Waals surface area contributed by atoms with E-state index >= 15 is 0 Å². The minimum absolute atomic E-state index is 0.00497. The summed E-state index contributed by atoms with van der Waals surface area (Å²) in [7, 11) is 3.24. The van der Waals surface area contributed by atoms with Crippen molar-refractivity contribution in [3.63, 3.8) is 0 Å². The molecule has 4 nitrogen and oxygen atoms in total. The van der Waals surface area contributed by atoms with E-state index in [4.69, 9.17) is 19.9 Å². The van der Waals surface area contributed by atoms with Crippen molar-refractivity contribution in [2.24, 2.45) is 5.73 Å². The third kappa shape index (κ3) is 3.89. The molecule has 1 atom stereocenters. The van der Waals surface area contributed by atoms with Crippen molar-refractivity contribution in [3.8, 4) is 17.2 Å². The molecule has 0 radical (unpaired) electrons. The van der Waals surface area contributed by atoms with Crippen LogP contribution < -0.4 is 19.9 Å². The molecule has 2 rings (SSSR count). The maximum absolute atomic E-state index is 5.87. The van der Waals surface area contributed by atoms with Crippen molar-refractivity contribution in [1.29, 1.82) is 0 Å². The molecule has 4 heteroatoms. The zero-order valence-corrected chi connectivity index (χ0v) is 12.6. The van der Waals surface area contributed by atoms with Crippen LogP contribution in [0.2, 0.25) is 0 Å². The molecular formula is C17H21NO3. The van der Waals surface area contributed by atoms with Crippen molar-refractivity contribution >= 4 is 0 Å². The van der Waals surface area contributed by atoms with Gasteiger partial charge in [0.25, 0.3) is 0 Å². The Morgan fingerprint density at radius 3 is 2.43 bits per heavy atom. The summed E-state index contributed by atoms with van der Waals surface area (Å²) in [4.78, 5) is 0. The van der Waals surface area contributed by atoms with Gasteiger partial charge in [0.2, 0.25) is 0 Å². The van der Waals surface area contributed by atoms with Gasteiger partial charge in [0.1, 0.15) is 12.4 Å². The van der Waals surface area contributed by atoms with Crippen LogP contribution >= 0.6 is 0 Å². The summed E-state index contributed by atoms with van der Waals surface area (Å²) in [6.45, 7) is 2.41. The number of rotatable bonds is 6. The highest BCUT2D eigenvalue weighted by molar-refractivity contribution is 5.43. The molecule has 0 aliphatic carbocycles. The summed E-state index contributed by atoms with van der Waals surface area (Å²) in [5, 5.41) is 0. The van der Waals surface area contributed by atoms with Crippen LogP contribution in [-0.4, -0.2) is 14.2 Å². The van der Waals surface area contributed by atoms with E-state index in [-0.39, 0.29) is 6.04 Å². The van der Waals surface area contributed by atoms with E-state index < -0.39 is 0 Å². The fourth-order valence-corrected chi connectivity index (χ4v) is 2.02. The Morgan fingerprint density at radius 2 is 1.76 bits per heavy atom. The van der Waals surface area contributed by atoms with Gasteiger partial charge in [0, 0.05) is 6.04 Å². The van der Waals surface area contributed by atoms with E-state index in [2.05, 4.69) is 0 Å². The molecule has 21 heavy (non-hydrogen) atoms. The second-order valence-electron chi connectivity index (χ2n) is 4.84. The van der Waals surface area contributed by atoms with Gasteiger partial charge in [-0.2, -0.15) is 0 Å². The topological polar surface area (TPSA) is 53.7 Å². The molecular weight excluding hydrogens is 266 g/mol. The Hall–Kier alpha value is -2.20. The standard InChI is InChI=1S/C17H21NO3/c1-12(18)14-5-4-6-15(10-14)21-11-13-7-8-16(19-2)17(9-13)20-3/h4-10,12H,11,18H2,1-3H3/t12-/m1/s1. The highest BCUT2D eigenvalue weighted by Gasteiger charge is 2.06. The lowest BCUT2D eigenvalue weighted by molar-refractivity contribution is 0.303. The van der Waals surface area contributed by atoms with Crippen LogP contribution in [0.1, 0.15) is 24.1 Å². The van der Waals surface area contributed by atoms with Crippen LogP contribution in [0.25, 0.3) is 0 Å². The third-order valence-corrected chi connectivity index (χ3v) is 3.24. The van der Waals surface area contributed by atoms with Crippen molar-refractivity contribution in [3.05, 3.63) is 53.6 Å². The minimum atomic E-state index is -0.00497. The van der Waals surface area contributed by atoms with Gasteiger partial charge in [0.15, 0.2) is 11.5 Å². The monoisotopic (exact) mass is 287 g/mol. The molecule has 0 spiro atoms. The summed E-state index contributed by atoms with van der Waals surface area (Å²) in [5.41, 5.74) is 7.94. The second kappa shape index (κ2) is 6.99. The largest absolute Gasteiger partial charge is 0.493 e. The Balaban J connectivity index is 2.07. The summed E-state index contributed by atoms with van der Waals surface area (Å²) in [6, 6.07) is 13.6. The quantitative estimate of drug-likeness (QED) is 0.885. The SMILES string of the molecule is COc1ccc(COc2cccc([C@@H](C)N)c2)cc1OC. The molecule has 0 unspecified atom stereocenters. The lowest BCUT2D eigenvalue weighted by Gasteiger charge is -2.12. The first-order valence-electron chi connectivity index (χ1n) is 6.83. The molecule has 0 bridgehead atoms. The van der Waals surface area contributed by atoms with Gasteiger partial charge >= 0.3 is 0 Å². The Morgan fingerprint density at radius 1 is 1.00 bits per heavy atom. The van der Waals surface area contributed by atoms with Crippen LogP contribution in [0.4, 0.5) is 0 Å². The maximum Gasteiger partial charge on any atom is 0.161 e.